The Bertz CT molecular complexity index is 1260. The highest BCUT2D eigenvalue weighted by Gasteiger charge is 2.35. The summed E-state index contributed by atoms with van der Waals surface area (Å²) in [5.74, 6) is 2.63. The normalized spacial score (nSPS) is 16.9. The standard InChI is InChI=1S/C30H36BrNO4S/c1-18(2)11-13-34-28-19(3)20(4)29-24(21(28)5)10-12-30(7,36-29)16-35-26-9-8-23(14-25(26)31)15-27(22(6)32)37-17-33/h8-9,11,14-15,17H,6,10,12-13,16,32H2,1-5,7H3/b27-15-. The third kappa shape index (κ3) is 7.02. The van der Waals surface area contributed by atoms with Gasteiger partial charge in [0, 0.05) is 16.2 Å². The maximum Gasteiger partial charge on any atom is 0.181 e. The molecule has 0 spiro atoms. The van der Waals surface area contributed by atoms with Crippen molar-refractivity contribution in [2.45, 2.75) is 60.0 Å². The zero-order chi connectivity index (χ0) is 27.3. The average Bonchev–Trinajstić information content (AvgIpc) is 2.83. The summed E-state index contributed by atoms with van der Waals surface area (Å²) in [6, 6.07) is 5.74. The summed E-state index contributed by atoms with van der Waals surface area (Å²) in [5.41, 5.74) is 13.1. The smallest absolute Gasteiger partial charge is 0.181 e. The molecule has 2 aromatic carbocycles. The minimum absolute atomic E-state index is 0.351. The van der Waals surface area contributed by atoms with Gasteiger partial charge in [-0.2, -0.15) is 0 Å². The van der Waals surface area contributed by atoms with E-state index in [4.69, 9.17) is 19.9 Å². The number of halogens is 1. The van der Waals surface area contributed by atoms with Gasteiger partial charge in [0.05, 0.1) is 4.47 Å². The predicted octanol–water partition coefficient (Wildman–Crippen LogP) is 7.62. The zero-order valence-corrected chi connectivity index (χ0v) is 24.9. The summed E-state index contributed by atoms with van der Waals surface area (Å²) in [6.45, 7) is 17.3. The van der Waals surface area contributed by atoms with E-state index in [1.54, 1.807) is 0 Å². The number of rotatable bonds is 10. The Morgan fingerprint density at radius 3 is 2.57 bits per heavy atom. The van der Waals surface area contributed by atoms with E-state index in [-0.39, 0.29) is 0 Å². The van der Waals surface area contributed by atoms with Crippen LogP contribution in [0, 0.1) is 20.8 Å². The fraction of sp³-hybridized carbons (Fsp3) is 0.367. The Morgan fingerprint density at radius 2 is 1.95 bits per heavy atom. The van der Waals surface area contributed by atoms with E-state index < -0.39 is 5.60 Å². The molecule has 0 bridgehead atoms. The maximum atomic E-state index is 10.9. The number of hydrogen-bond acceptors (Lipinski definition) is 6. The molecular formula is C30H36BrNO4S. The first-order chi connectivity index (χ1) is 17.5. The third-order valence-corrected chi connectivity index (χ3v) is 7.91. The van der Waals surface area contributed by atoms with E-state index in [0.717, 1.165) is 74.2 Å². The monoisotopic (exact) mass is 585 g/mol. The number of thioether (sulfide) groups is 1. The van der Waals surface area contributed by atoms with Crippen molar-refractivity contribution in [3.63, 3.8) is 0 Å². The predicted molar refractivity (Wildman–Crippen MR) is 158 cm³/mol. The molecule has 1 unspecified atom stereocenters. The molecule has 198 valence electrons. The molecule has 0 aliphatic carbocycles. The van der Waals surface area contributed by atoms with Crippen molar-refractivity contribution in [2.75, 3.05) is 13.2 Å². The lowest BCUT2D eigenvalue weighted by Crippen LogP contribution is -2.42. The van der Waals surface area contributed by atoms with E-state index in [9.17, 15) is 4.79 Å². The highest BCUT2D eigenvalue weighted by Crippen LogP contribution is 2.44. The van der Waals surface area contributed by atoms with Crippen LogP contribution in [0.1, 0.15) is 55.0 Å². The number of hydrogen-bond donors (Lipinski definition) is 1. The van der Waals surface area contributed by atoms with Crippen LogP contribution in [0.15, 0.2) is 51.5 Å². The molecule has 7 heteroatoms. The first-order valence-electron chi connectivity index (χ1n) is 12.2. The summed E-state index contributed by atoms with van der Waals surface area (Å²) in [6.07, 6.45) is 5.65. The SMILES string of the molecule is C=C(N)/C(=C/c1ccc(OCC2(C)CCc3c(C)c(OCC=C(C)C)c(C)c(C)c3O2)c(Br)c1)SC=O. The van der Waals surface area contributed by atoms with Crippen LogP contribution in [0.2, 0.25) is 0 Å². The van der Waals surface area contributed by atoms with Crippen molar-refractivity contribution in [1.29, 1.82) is 0 Å². The summed E-state index contributed by atoms with van der Waals surface area (Å²) in [4.78, 5) is 11.5. The fourth-order valence-corrected chi connectivity index (χ4v) is 5.22. The number of benzene rings is 2. The van der Waals surface area contributed by atoms with Gasteiger partial charge in [-0.15, -0.1) is 0 Å². The molecule has 0 amide bonds. The third-order valence-electron chi connectivity index (χ3n) is 6.56. The van der Waals surface area contributed by atoms with Crippen molar-refractivity contribution >= 4 is 39.4 Å². The average molecular weight is 587 g/mol. The molecule has 0 saturated heterocycles. The van der Waals surface area contributed by atoms with Crippen LogP contribution in [0.25, 0.3) is 6.08 Å². The molecule has 0 radical (unpaired) electrons. The van der Waals surface area contributed by atoms with E-state index in [0.29, 0.717) is 23.8 Å². The van der Waals surface area contributed by atoms with Crippen LogP contribution in [-0.2, 0) is 11.2 Å². The Labute approximate surface area is 233 Å². The van der Waals surface area contributed by atoms with Crippen LogP contribution < -0.4 is 19.9 Å². The highest BCUT2D eigenvalue weighted by molar-refractivity contribution is 9.10. The first kappa shape index (κ1) is 28.9. The van der Waals surface area contributed by atoms with Crippen molar-refractivity contribution < 1.29 is 19.0 Å². The number of carbonyl (C=O) groups is 1. The second-order valence-electron chi connectivity index (χ2n) is 9.88. The first-order valence-corrected chi connectivity index (χ1v) is 13.9. The van der Waals surface area contributed by atoms with Crippen LogP contribution in [0.5, 0.6) is 17.2 Å². The van der Waals surface area contributed by atoms with Gasteiger partial charge in [0.25, 0.3) is 0 Å². The van der Waals surface area contributed by atoms with Gasteiger partial charge >= 0.3 is 0 Å². The van der Waals surface area contributed by atoms with Crippen LogP contribution in [-0.4, -0.2) is 24.4 Å². The van der Waals surface area contributed by atoms with E-state index in [2.05, 4.69) is 70.1 Å². The molecule has 1 aliphatic rings. The molecule has 37 heavy (non-hydrogen) atoms. The fourth-order valence-electron chi connectivity index (χ4n) is 4.25. The molecule has 3 rings (SSSR count). The highest BCUT2D eigenvalue weighted by atomic mass is 79.9. The summed E-state index contributed by atoms with van der Waals surface area (Å²) in [5, 5.41) is 0. The number of carbonyl (C=O) groups excluding carboxylic acids is 1. The summed E-state index contributed by atoms with van der Waals surface area (Å²) in [7, 11) is 0. The van der Waals surface area contributed by atoms with Gasteiger partial charge in [-0.3, -0.25) is 4.79 Å². The van der Waals surface area contributed by atoms with Crippen molar-refractivity contribution in [3.05, 3.63) is 79.3 Å². The van der Waals surface area contributed by atoms with Crippen molar-refractivity contribution in [1.82, 2.24) is 0 Å². The summed E-state index contributed by atoms with van der Waals surface area (Å²) >= 11 is 4.61. The Balaban J connectivity index is 1.76. The maximum absolute atomic E-state index is 10.9. The molecule has 5 nitrogen and oxygen atoms in total. The number of fused-ring (bicyclic) bond motifs is 1. The second kappa shape index (κ2) is 12.3. The minimum Gasteiger partial charge on any atom is -0.489 e. The van der Waals surface area contributed by atoms with Gasteiger partial charge < -0.3 is 19.9 Å². The molecular weight excluding hydrogens is 550 g/mol. The molecule has 0 saturated carbocycles. The second-order valence-corrected chi connectivity index (χ2v) is 11.6. The van der Waals surface area contributed by atoms with Crippen LogP contribution in [0.4, 0.5) is 0 Å². The lowest BCUT2D eigenvalue weighted by molar-refractivity contribution is 0.0164. The molecule has 1 heterocycles. The minimum atomic E-state index is -0.468. The van der Waals surface area contributed by atoms with Crippen LogP contribution >= 0.6 is 27.7 Å². The quantitative estimate of drug-likeness (QED) is 0.176. The Kier molecular flexibility index (Phi) is 9.59. The van der Waals surface area contributed by atoms with Crippen molar-refractivity contribution in [2.24, 2.45) is 5.73 Å². The molecule has 1 atom stereocenters. The van der Waals surface area contributed by atoms with Gasteiger partial charge in [-0.05, 0) is 117 Å². The van der Waals surface area contributed by atoms with Gasteiger partial charge in [-0.1, -0.05) is 30.0 Å². The van der Waals surface area contributed by atoms with E-state index in [1.165, 1.54) is 11.1 Å². The lowest BCUT2D eigenvalue weighted by atomic mass is 9.87. The molecule has 0 aromatic heterocycles. The topological polar surface area (TPSA) is 70.8 Å². The number of nitrogens with two attached hydrogens (primary N) is 1. The molecule has 0 fully saturated rings. The zero-order valence-electron chi connectivity index (χ0n) is 22.5. The number of allylic oxidation sites excluding steroid dienone is 1. The van der Waals surface area contributed by atoms with Gasteiger partial charge in [0.2, 0.25) is 0 Å². The van der Waals surface area contributed by atoms with Crippen LogP contribution in [0.3, 0.4) is 0 Å². The molecule has 1 aliphatic heterocycles. The van der Waals surface area contributed by atoms with E-state index >= 15 is 0 Å². The van der Waals surface area contributed by atoms with Gasteiger partial charge in [0.1, 0.15) is 36.1 Å². The van der Waals surface area contributed by atoms with Crippen molar-refractivity contribution in [3.8, 4) is 17.2 Å². The Morgan fingerprint density at radius 1 is 1.22 bits per heavy atom. The van der Waals surface area contributed by atoms with E-state index in [1.807, 2.05) is 24.3 Å². The van der Waals surface area contributed by atoms with Gasteiger partial charge in [0.15, 0.2) is 5.62 Å². The largest absolute Gasteiger partial charge is 0.489 e. The Hall–Kier alpha value is -2.64. The summed E-state index contributed by atoms with van der Waals surface area (Å²) < 4.78 is 19.8. The lowest BCUT2D eigenvalue weighted by Gasteiger charge is -2.38. The number of ether oxygens (including phenoxy) is 3. The van der Waals surface area contributed by atoms with Gasteiger partial charge in [-0.25, -0.2) is 0 Å². The molecule has 2 aromatic rings. The molecule has 2 N–H and O–H groups in total.